The molecule has 1 aromatic rings. The SMILES string of the molecule is CNC1(C(=O)O)CCCC1CCOc1ccc(F)cc1F. The molecule has 1 aliphatic carbocycles. The van der Waals surface area contributed by atoms with Crippen molar-refractivity contribution >= 4 is 5.97 Å². The van der Waals surface area contributed by atoms with Crippen LogP contribution in [0.5, 0.6) is 5.75 Å². The van der Waals surface area contributed by atoms with Gasteiger partial charge in [-0.1, -0.05) is 6.42 Å². The summed E-state index contributed by atoms with van der Waals surface area (Å²) in [6.07, 6.45) is 2.71. The molecule has 1 saturated carbocycles. The molecule has 116 valence electrons. The molecule has 2 atom stereocenters. The summed E-state index contributed by atoms with van der Waals surface area (Å²) in [5.74, 6) is -2.35. The van der Waals surface area contributed by atoms with E-state index in [0.29, 0.717) is 12.8 Å². The minimum atomic E-state index is -0.926. The zero-order valence-corrected chi connectivity index (χ0v) is 11.9. The third-order valence-electron chi connectivity index (χ3n) is 4.27. The Morgan fingerprint density at radius 2 is 2.29 bits per heavy atom. The molecule has 0 saturated heterocycles. The first-order valence-electron chi connectivity index (χ1n) is 7.00. The maximum atomic E-state index is 13.4. The minimum Gasteiger partial charge on any atom is -0.491 e. The van der Waals surface area contributed by atoms with Gasteiger partial charge in [-0.15, -0.1) is 0 Å². The molecule has 0 radical (unpaired) electrons. The average molecular weight is 299 g/mol. The van der Waals surface area contributed by atoms with Gasteiger partial charge in [0, 0.05) is 6.07 Å². The van der Waals surface area contributed by atoms with Crippen molar-refractivity contribution in [2.45, 2.75) is 31.2 Å². The third-order valence-corrected chi connectivity index (χ3v) is 4.27. The molecule has 0 amide bonds. The summed E-state index contributed by atoms with van der Waals surface area (Å²) in [5.41, 5.74) is -0.926. The summed E-state index contributed by atoms with van der Waals surface area (Å²) in [5, 5.41) is 12.3. The van der Waals surface area contributed by atoms with E-state index in [0.717, 1.165) is 25.0 Å². The number of carbonyl (C=O) groups is 1. The first-order valence-corrected chi connectivity index (χ1v) is 7.00. The molecular weight excluding hydrogens is 280 g/mol. The second kappa shape index (κ2) is 6.39. The fourth-order valence-electron chi connectivity index (χ4n) is 3.09. The van der Waals surface area contributed by atoms with Gasteiger partial charge in [-0.05, 0) is 44.4 Å². The Bertz CT molecular complexity index is 524. The van der Waals surface area contributed by atoms with Crippen molar-refractivity contribution in [3.63, 3.8) is 0 Å². The lowest BCUT2D eigenvalue weighted by molar-refractivity contribution is -0.146. The number of benzene rings is 1. The number of nitrogens with one attached hydrogen (secondary N) is 1. The molecule has 6 heteroatoms. The minimum absolute atomic E-state index is 0.0141. The largest absolute Gasteiger partial charge is 0.491 e. The van der Waals surface area contributed by atoms with Crippen LogP contribution in [-0.4, -0.2) is 30.3 Å². The fourth-order valence-corrected chi connectivity index (χ4v) is 3.09. The molecule has 0 aromatic heterocycles. The monoisotopic (exact) mass is 299 g/mol. The number of ether oxygens (including phenoxy) is 1. The molecule has 2 N–H and O–H groups in total. The lowest BCUT2D eigenvalue weighted by Crippen LogP contribution is -2.53. The Balaban J connectivity index is 1.95. The smallest absolute Gasteiger partial charge is 0.324 e. The van der Waals surface area contributed by atoms with Crippen molar-refractivity contribution in [1.82, 2.24) is 5.32 Å². The van der Waals surface area contributed by atoms with Gasteiger partial charge in [0.25, 0.3) is 0 Å². The van der Waals surface area contributed by atoms with Gasteiger partial charge >= 0.3 is 5.97 Å². The molecular formula is C15H19F2NO3. The predicted octanol–water partition coefficient (Wildman–Crippen LogP) is 2.58. The van der Waals surface area contributed by atoms with Gasteiger partial charge in [-0.3, -0.25) is 4.79 Å². The highest BCUT2D eigenvalue weighted by molar-refractivity contribution is 5.79. The number of hydrogen-bond donors (Lipinski definition) is 2. The molecule has 0 spiro atoms. The van der Waals surface area contributed by atoms with Crippen molar-refractivity contribution in [3.05, 3.63) is 29.8 Å². The Labute approximate surface area is 122 Å². The van der Waals surface area contributed by atoms with Gasteiger partial charge in [0.05, 0.1) is 6.61 Å². The number of carboxylic acids is 1. The molecule has 2 unspecified atom stereocenters. The van der Waals surface area contributed by atoms with Gasteiger partial charge < -0.3 is 15.2 Å². The molecule has 2 rings (SSSR count). The number of hydrogen-bond acceptors (Lipinski definition) is 3. The van der Waals surface area contributed by atoms with E-state index in [1.807, 2.05) is 0 Å². The zero-order valence-electron chi connectivity index (χ0n) is 11.9. The van der Waals surface area contributed by atoms with E-state index in [4.69, 9.17) is 4.74 Å². The van der Waals surface area contributed by atoms with E-state index in [1.165, 1.54) is 6.07 Å². The second-order valence-corrected chi connectivity index (χ2v) is 5.33. The van der Waals surface area contributed by atoms with Crippen LogP contribution in [0, 0.1) is 17.6 Å². The normalized spacial score (nSPS) is 25.0. The Morgan fingerprint density at radius 1 is 1.52 bits per heavy atom. The van der Waals surface area contributed by atoms with Crippen molar-refractivity contribution in [1.29, 1.82) is 0 Å². The van der Waals surface area contributed by atoms with Gasteiger partial charge in [0.15, 0.2) is 11.6 Å². The molecule has 1 aromatic carbocycles. The fraction of sp³-hybridized carbons (Fsp3) is 0.533. The molecule has 4 nitrogen and oxygen atoms in total. The first kappa shape index (κ1) is 15.7. The Hall–Kier alpha value is -1.69. The molecule has 0 bridgehead atoms. The van der Waals surface area contributed by atoms with Crippen molar-refractivity contribution < 1.29 is 23.4 Å². The average Bonchev–Trinajstić information content (AvgIpc) is 2.85. The standard InChI is InChI=1S/C15H19F2NO3/c1-18-15(14(19)20)7-2-3-10(15)6-8-21-13-5-4-11(16)9-12(13)17/h4-5,9-10,18H,2-3,6-8H2,1H3,(H,19,20). The Morgan fingerprint density at radius 3 is 2.90 bits per heavy atom. The number of aliphatic carboxylic acids is 1. The predicted molar refractivity (Wildman–Crippen MR) is 73.2 cm³/mol. The van der Waals surface area contributed by atoms with Crippen molar-refractivity contribution in [2.75, 3.05) is 13.7 Å². The zero-order chi connectivity index (χ0) is 15.5. The Kier molecular flexibility index (Phi) is 4.77. The summed E-state index contributed by atoms with van der Waals surface area (Å²) < 4.78 is 31.5. The van der Waals surface area contributed by atoms with Crippen LogP contribution < -0.4 is 10.1 Å². The quantitative estimate of drug-likeness (QED) is 0.847. The van der Waals surface area contributed by atoms with E-state index >= 15 is 0 Å². The summed E-state index contributed by atoms with van der Waals surface area (Å²) in [7, 11) is 1.65. The third kappa shape index (κ3) is 3.15. The van der Waals surface area contributed by atoms with Crippen LogP contribution in [0.15, 0.2) is 18.2 Å². The maximum Gasteiger partial charge on any atom is 0.324 e. The summed E-state index contributed by atoms with van der Waals surface area (Å²) in [4.78, 5) is 11.5. The highest BCUT2D eigenvalue weighted by Gasteiger charge is 2.47. The topological polar surface area (TPSA) is 58.6 Å². The summed E-state index contributed by atoms with van der Waals surface area (Å²) in [6, 6.07) is 3.13. The van der Waals surface area contributed by atoms with Crippen molar-refractivity contribution in [3.8, 4) is 5.75 Å². The van der Waals surface area contributed by atoms with E-state index in [2.05, 4.69) is 5.32 Å². The lowest BCUT2D eigenvalue weighted by Gasteiger charge is -2.30. The number of carboxylic acid groups (broad SMARTS) is 1. The summed E-state index contributed by atoms with van der Waals surface area (Å²) >= 11 is 0. The van der Waals surface area contributed by atoms with E-state index in [-0.39, 0.29) is 18.3 Å². The van der Waals surface area contributed by atoms with Gasteiger partial charge in [0.1, 0.15) is 11.4 Å². The summed E-state index contributed by atoms with van der Waals surface area (Å²) in [6.45, 7) is 0.198. The van der Waals surface area contributed by atoms with E-state index in [1.54, 1.807) is 7.05 Å². The number of halogens is 2. The first-order chi connectivity index (χ1) is 9.99. The number of likely N-dealkylation sites (N-methyl/N-ethyl adjacent to an activating group) is 1. The molecule has 1 fully saturated rings. The van der Waals surface area contributed by atoms with Crippen LogP contribution in [0.2, 0.25) is 0 Å². The molecule has 0 heterocycles. The van der Waals surface area contributed by atoms with Crippen LogP contribution in [0.1, 0.15) is 25.7 Å². The van der Waals surface area contributed by atoms with Crippen LogP contribution in [0.3, 0.4) is 0 Å². The van der Waals surface area contributed by atoms with Gasteiger partial charge in [0.2, 0.25) is 0 Å². The highest BCUT2D eigenvalue weighted by atomic mass is 19.1. The van der Waals surface area contributed by atoms with Crippen molar-refractivity contribution in [2.24, 2.45) is 5.92 Å². The van der Waals surface area contributed by atoms with Crippen LogP contribution >= 0.6 is 0 Å². The molecule has 21 heavy (non-hydrogen) atoms. The lowest BCUT2D eigenvalue weighted by atomic mass is 9.85. The second-order valence-electron chi connectivity index (χ2n) is 5.33. The van der Waals surface area contributed by atoms with Gasteiger partial charge in [-0.2, -0.15) is 0 Å². The van der Waals surface area contributed by atoms with Gasteiger partial charge in [-0.25, -0.2) is 8.78 Å². The maximum absolute atomic E-state index is 13.4. The molecule has 0 aliphatic heterocycles. The highest BCUT2D eigenvalue weighted by Crippen LogP contribution is 2.38. The van der Waals surface area contributed by atoms with E-state index in [9.17, 15) is 18.7 Å². The van der Waals surface area contributed by atoms with Crippen LogP contribution in [-0.2, 0) is 4.79 Å². The molecule has 1 aliphatic rings. The van der Waals surface area contributed by atoms with Crippen LogP contribution in [0.4, 0.5) is 8.78 Å². The van der Waals surface area contributed by atoms with E-state index < -0.39 is 23.1 Å². The number of rotatable bonds is 6. The van der Waals surface area contributed by atoms with Crippen LogP contribution in [0.25, 0.3) is 0 Å².